The highest BCUT2D eigenvalue weighted by Gasteiger charge is 2.17. The molecule has 1 saturated heterocycles. The smallest absolute Gasteiger partial charge is 0.244 e. The van der Waals surface area contributed by atoms with Crippen LogP contribution in [0.15, 0.2) is 54.6 Å². The third-order valence-corrected chi connectivity index (χ3v) is 4.32. The van der Waals surface area contributed by atoms with Gasteiger partial charge in [-0.15, -0.1) is 0 Å². The molecule has 23 heavy (non-hydrogen) atoms. The number of benzene rings is 2. The maximum absolute atomic E-state index is 11.8. The van der Waals surface area contributed by atoms with E-state index in [0.29, 0.717) is 0 Å². The lowest BCUT2D eigenvalue weighted by Gasteiger charge is -2.29. The minimum absolute atomic E-state index is 0.378. The molecule has 0 radical (unpaired) electrons. The van der Waals surface area contributed by atoms with Gasteiger partial charge in [-0.3, -0.25) is 4.79 Å². The summed E-state index contributed by atoms with van der Waals surface area (Å²) in [5.41, 5.74) is 8.57. The van der Waals surface area contributed by atoms with Crippen LogP contribution in [0, 0.1) is 0 Å². The minimum Gasteiger partial charge on any atom is -0.372 e. The predicted octanol–water partition coefficient (Wildman–Crippen LogP) is 3.32. The molecule has 3 rings (SSSR count). The molecule has 120 valence electrons. The van der Waals surface area contributed by atoms with E-state index in [0.717, 1.165) is 24.3 Å². The van der Waals surface area contributed by atoms with Gasteiger partial charge in [0, 0.05) is 24.5 Å². The number of nitrogens with one attached hydrogen (secondary N) is 1. The van der Waals surface area contributed by atoms with Gasteiger partial charge in [0.15, 0.2) is 0 Å². The number of hydrogen-bond donors (Lipinski definition) is 2. The molecule has 0 saturated carbocycles. The molecule has 2 aromatic carbocycles. The standard InChI is InChI=1S/C19H23N3O/c20-19(23)18(15-7-3-1-4-8-15)21-16-9-11-17(12-10-16)22-13-5-2-6-14-22/h1,3-4,7-12,18,21H,2,5-6,13-14H2,(H2,20,23)/t18-/m1/s1. The number of nitrogens with two attached hydrogens (primary N) is 1. The lowest BCUT2D eigenvalue weighted by molar-refractivity contribution is -0.118. The van der Waals surface area contributed by atoms with Gasteiger partial charge in [0.05, 0.1) is 0 Å². The van der Waals surface area contributed by atoms with Crippen molar-refractivity contribution < 1.29 is 4.79 Å². The second-order valence-corrected chi connectivity index (χ2v) is 5.98. The van der Waals surface area contributed by atoms with Gasteiger partial charge >= 0.3 is 0 Å². The highest BCUT2D eigenvalue weighted by molar-refractivity contribution is 5.84. The Balaban J connectivity index is 1.72. The van der Waals surface area contributed by atoms with Crippen LogP contribution in [-0.4, -0.2) is 19.0 Å². The molecule has 1 fully saturated rings. The number of anilines is 2. The Hall–Kier alpha value is -2.49. The van der Waals surface area contributed by atoms with Crippen LogP contribution < -0.4 is 16.0 Å². The number of piperidine rings is 1. The number of primary amides is 1. The van der Waals surface area contributed by atoms with Crippen molar-refractivity contribution in [3.8, 4) is 0 Å². The van der Waals surface area contributed by atoms with Crippen LogP contribution in [-0.2, 0) is 4.79 Å². The number of hydrogen-bond acceptors (Lipinski definition) is 3. The van der Waals surface area contributed by atoms with Gasteiger partial charge in [-0.1, -0.05) is 30.3 Å². The van der Waals surface area contributed by atoms with Crippen molar-refractivity contribution in [1.82, 2.24) is 0 Å². The molecule has 1 aliphatic heterocycles. The van der Waals surface area contributed by atoms with E-state index in [1.165, 1.54) is 24.9 Å². The molecule has 1 amide bonds. The molecule has 4 nitrogen and oxygen atoms in total. The molecule has 0 bridgehead atoms. The number of amides is 1. The fraction of sp³-hybridized carbons (Fsp3) is 0.316. The highest BCUT2D eigenvalue weighted by atomic mass is 16.1. The lowest BCUT2D eigenvalue weighted by Crippen LogP contribution is -2.29. The summed E-state index contributed by atoms with van der Waals surface area (Å²) in [5.74, 6) is -0.378. The molecule has 4 heteroatoms. The zero-order valence-electron chi connectivity index (χ0n) is 13.2. The van der Waals surface area contributed by atoms with E-state index in [4.69, 9.17) is 5.73 Å². The molecular weight excluding hydrogens is 286 g/mol. The first kappa shape index (κ1) is 15.4. The number of carbonyl (C=O) groups is 1. The molecule has 0 aliphatic carbocycles. The Bertz CT molecular complexity index is 633. The van der Waals surface area contributed by atoms with E-state index < -0.39 is 6.04 Å². The van der Waals surface area contributed by atoms with Crippen LogP contribution in [0.1, 0.15) is 30.9 Å². The van der Waals surface area contributed by atoms with Gasteiger partial charge in [0.2, 0.25) is 5.91 Å². The fourth-order valence-corrected chi connectivity index (χ4v) is 3.05. The normalized spacial score (nSPS) is 15.9. The van der Waals surface area contributed by atoms with Gasteiger partial charge in [-0.25, -0.2) is 0 Å². The van der Waals surface area contributed by atoms with E-state index in [1.807, 2.05) is 42.5 Å². The third-order valence-electron chi connectivity index (χ3n) is 4.32. The first-order valence-corrected chi connectivity index (χ1v) is 8.20. The van der Waals surface area contributed by atoms with Gasteiger partial charge in [-0.2, -0.15) is 0 Å². The van der Waals surface area contributed by atoms with Gasteiger partial charge in [0.1, 0.15) is 6.04 Å². The van der Waals surface area contributed by atoms with E-state index >= 15 is 0 Å². The largest absolute Gasteiger partial charge is 0.372 e. The third kappa shape index (κ3) is 3.83. The molecule has 0 aromatic heterocycles. The summed E-state index contributed by atoms with van der Waals surface area (Å²) in [6.07, 6.45) is 3.85. The Labute approximate surface area is 137 Å². The summed E-state index contributed by atoms with van der Waals surface area (Å²) < 4.78 is 0. The van der Waals surface area contributed by atoms with Crippen LogP contribution >= 0.6 is 0 Å². The van der Waals surface area contributed by atoms with Crippen molar-refractivity contribution in [2.45, 2.75) is 25.3 Å². The summed E-state index contributed by atoms with van der Waals surface area (Å²) in [6.45, 7) is 2.25. The Kier molecular flexibility index (Phi) is 4.81. The van der Waals surface area contributed by atoms with Crippen LogP contribution in [0.2, 0.25) is 0 Å². The van der Waals surface area contributed by atoms with E-state index in [2.05, 4.69) is 22.3 Å². The summed E-state index contributed by atoms with van der Waals surface area (Å²) in [5, 5.41) is 3.23. The summed E-state index contributed by atoms with van der Waals surface area (Å²) in [6, 6.07) is 17.3. The molecule has 1 aliphatic rings. The Morgan fingerprint density at radius 3 is 2.22 bits per heavy atom. The van der Waals surface area contributed by atoms with Crippen LogP contribution in [0.25, 0.3) is 0 Å². The average molecular weight is 309 g/mol. The van der Waals surface area contributed by atoms with E-state index in [-0.39, 0.29) is 5.91 Å². The van der Waals surface area contributed by atoms with E-state index in [1.54, 1.807) is 0 Å². The quantitative estimate of drug-likeness (QED) is 0.891. The van der Waals surface area contributed by atoms with Crippen LogP contribution in [0.3, 0.4) is 0 Å². The summed E-state index contributed by atoms with van der Waals surface area (Å²) >= 11 is 0. The second-order valence-electron chi connectivity index (χ2n) is 5.98. The number of carbonyl (C=O) groups excluding carboxylic acids is 1. The first-order chi connectivity index (χ1) is 11.2. The molecule has 2 aromatic rings. The molecule has 0 unspecified atom stereocenters. The molecular formula is C19H23N3O. The minimum atomic E-state index is -0.517. The average Bonchev–Trinajstić information content (AvgIpc) is 2.61. The maximum Gasteiger partial charge on any atom is 0.244 e. The van der Waals surface area contributed by atoms with Gasteiger partial charge in [-0.05, 0) is 49.1 Å². The van der Waals surface area contributed by atoms with Crippen LogP contribution in [0.4, 0.5) is 11.4 Å². The van der Waals surface area contributed by atoms with Crippen molar-refractivity contribution >= 4 is 17.3 Å². The monoisotopic (exact) mass is 309 g/mol. The summed E-state index contributed by atoms with van der Waals surface area (Å²) in [4.78, 5) is 14.2. The molecule has 1 atom stereocenters. The fourth-order valence-electron chi connectivity index (χ4n) is 3.05. The maximum atomic E-state index is 11.8. The topological polar surface area (TPSA) is 58.4 Å². The van der Waals surface area contributed by atoms with Gasteiger partial charge < -0.3 is 16.0 Å². The highest BCUT2D eigenvalue weighted by Crippen LogP contribution is 2.24. The van der Waals surface area contributed by atoms with Crippen molar-refractivity contribution in [2.24, 2.45) is 5.73 Å². The molecule has 0 spiro atoms. The van der Waals surface area contributed by atoms with Crippen molar-refractivity contribution in [2.75, 3.05) is 23.3 Å². The summed E-state index contributed by atoms with van der Waals surface area (Å²) in [7, 11) is 0. The number of rotatable bonds is 5. The zero-order valence-corrected chi connectivity index (χ0v) is 13.2. The molecule has 1 heterocycles. The van der Waals surface area contributed by atoms with Crippen molar-refractivity contribution in [3.05, 3.63) is 60.2 Å². The Morgan fingerprint density at radius 1 is 0.957 bits per heavy atom. The van der Waals surface area contributed by atoms with Crippen molar-refractivity contribution in [1.29, 1.82) is 0 Å². The molecule has 3 N–H and O–H groups in total. The van der Waals surface area contributed by atoms with Crippen LogP contribution in [0.5, 0.6) is 0 Å². The van der Waals surface area contributed by atoms with E-state index in [9.17, 15) is 4.79 Å². The predicted molar refractivity (Wildman–Crippen MR) is 94.5 cm³/mol. The van der Waals surface area contributed by atoms with Gasteiger partial charge in [0.25, 0.3) is 0 Å². The Morgan fingerprint density at radius 2 is 1.61 bits per heavy atom. The lowest BCUT2D eigenvalue weighted by atomic mass is 10.1. The van der Waals surface area contributed by atoms with Crippen molar-refractivity contribution in [3.63, 3.8) is 0 Å². The SMILES string of the molecule is NC(=O)[C@H](Nc1ccc(N2CCCCC2)cc1)c1ccccc1. The second kappa shape index (κ2) is 7.18. The first-order valence-electron chi connectivity index (χ1n) is 8.20. The number of nitrogens with zero attached hydrogens (tertiary/aromatic N) is 1. The zero-order chi connectivity index (χ0) is 16.1.